The van der Waals surface area contributed by atoms with Gasteiger partial charge >= 0.3 is 0 Å². The standard InChI is InChI=1S/C10H20ClNO2S/c1-2-10(5-3-6-10)9-12-15(13,14)8-4-7-11/h12H,2-9H2,1H3. The third-order valence-corrected chi connectivity index (χ3v) is 5.06. The molecule has 1 rings (SSSR count). The van der Waals surface area contributed by atoms with Crippen LogP contribution in [0.2, 0.25) is 0 Å². The van der Waals surface area contributed by atoms with Crippen LogP contribution < -0.4 is 4.72 Å². The van der Waals surface area contributed by atoms with Gasteiger partial charge in [-0.15, -0.1) is 11.6 Å². The molecule has 1 aliphatic carbocycles. The SMILES string of the molecule is CCC1(CNS(=O)(=O)CCCCl)CCC1. The highest BCUT2D eigenvalue weighted by atomic mass is 35.5. The van der Waals surface area contributed by atoms with E-state index in [0.29, 0.717) is 18.8 Å². The summed E-state index contributed by atoms with van der Waals surface area (Å²) < 4.78 is 25.7. The predicted molar refractivity (Wildman–Crippen MR) is 63.7 cm³/mol. The van der Waals surface area contributed by atoms with Crippen molar-refractivity contribution in [2.45, 2.75) is 39.0 Å². The van der Waals surface area contributed by atoms with E-state index in [-0.39, 0.29) is 11.2 Å². The average Bonchev–Trinajstić information content (AvgIpc) is 2.14. The second-order valence-electron chi connectivity index (χ2n) is 4.39. The van der Waals surface area contributed by atoms with Gasteiger partial charge in [0.05, 0.1) is 5.75 Å². The highest BCUT2D eigenvalue weighted by Crippen LogP contribution is 2.43. The van der Waals surface area contributed by atoms with Gasteiger partial charge in [-0.05, 0) is 31.1 Å². The fourth-order valence-electron chi connectivity index (χ4n) is 1.91. The fraction of sp³-hybridized carbons (Fsp3) is 1.00. The van der Waals surface area contributed by atoms with Crippen LogP contribution in [-0.2, 0) is 10.0 Å². The highest BCUT2D eigenvalue weighted by molar-refractivity contribution is 7.89. The number of alkyl halides is 1. The molecule has 0 spiro atoms. The molecule has 0 amide bonds. The molecule has 0 unspecified atom stereocenters. The van der Waals surface area contributed by atoms with Crippen LogP contribution in [0.5, 0.6) is 0 Å². The van der Waals surface area contributed by atoms with Crippen molar-refractivity contribution in [1.82, 2.24) is 4.72 Å². The molecule has 0 saturated heterocycles. The number of nitrogens with one attached hydrogen (secondary N) is 1. The first-order valence-corrected chi connectivity index (χ1v) is 7.76. The van der Waals surface area contributed by atoms with Crippen LogP contribution in [0, 0.1) is 5.41 Å². The van der Waals surface area contributed by atoms with Gasteiger partial charge < -0.3 is 0 Å². The van der Waals surface area contributed by atoms with Gasteiger partial charge in [-0.25, -0.2) is 13.1 Å². The molecular formula is C10H20ClNO2S. The zero-order chi connectivity index (χ0) is 11.4. The largest absolute Gasteiger partial charge is 0.215 e. The van der Waals surface area contributed by atoms with E-state index >= 15 is 0 Å². The van der Waals surface area contributed by atoms with Crippen LogP contribution >= 0.6 is 11.6 Å². The minimum atomic E-state index is -3.10. The monoisotopic (exact) mass is 253 g/mol. The molecular weight excluding hydrogens is 234 g/mol. The highest BCUT2D eigenvalue weighted by Gasteiger charge is 2.35. The van der Waals surface area contributed by atoms with Crippen LogP contribution in [-0.4, -0.2) is 26.6 Å². The molecule has 1 saturated carbocycles. The molecule has 1 N–H and O–H groups in total. The second-order valence-corrected chi connectivity index (χ2v) is 6.69. The van der Waals surface area contributed by atoms with E-state index in [4.69, 9.17) is 11.6 Å². The summed E-state index contributed by atoms with van der Waals surface area (Å²) >= 11 is 5.47. The molecule has 3 nitrogen and oxygen atoms in total. The van der Waals surface area contributed by atoms with Gasteiger partial charge in [0, 0.05) is 12.4 Å². The first-order chi connectivity index (χ1) is 7.04. The lowest BCUT2D eigenvalue weighted by Crippen LogP contribution is -2.42. The van der Waals surface area contributed by atoms with Gasteiger partial charge in [0.15, 0.2) is 0 Å². The smallest absolute Gasteiger partial charge is 0.211 e. The van der Waals surface area contributed by atoms with Crippen LogP contribution in [0.15, 0.2) is 0 Å². The van der Waals surface area contributed by atoms with Crippen molar-refractivity contribution in [1.29, 1.82) is 0 Å². The summed E-state index contributed by atoms with van der Waals surface area (Å²) in [6.45, 7) is 2.74. The van der Waals surface area contributed by atoms with Gasteiger partial charge in [-0.2, -0.15) is 0 Å². The Morgan fingerprint density at radius 2 is 2.07 bits per heavy atom. The number of hydrogen-bond donors (Lipinski definition) is 1. The number of halogens is 1. The molecule has 0 aromatic rings. The molecule has 0 aliphatic heterocycles. The third kappa shape index (κ3) is 3.93. The number of sulfonamides is 1. The first kappa shape index (κ1) is 13.3. The minimum Gasteiger partial charge on any atom is -0.215 e. The van der Waals surface area contributed by atoms with Gasteiger partial charge in [-0.3, -0.25) is 0 Å². The van der Waals surface area contributed by atoms with E-state index in [0.717, 1.165) is 19.3 Å². The Labute approximate surface area is 97.6 Å². The predicted octanol–water partition coefficient (Wildman–Crippen LogP) is 2.12. The molecule has 0 radical (unpaired) electrons. The number of hydrogen-bond acceptors (Lipinski definition) is 2. The van der Waals surface area contributed by atoms with Crippen molar-refractivity contribution >= 4 is 21.6 Å². The summed E-state index contributed by atoms with van der Waals surface area (Å²) in [4.78, 5) is 0. The summed E-state index contributed by atoms with van der Waals surface area (Å²) in [6, 6.07) is 0. The maximum Gasteiger partial charge on any atom is 0.211 e. The molecule has 0 aromatic heterocycles. The lowest BCUT2D eigenvalue weighted by Gasteiger charge is -2.41. The first-order valence-electron chi connectivity index (χ1n) is 5.57. The van der Waals surface area contributed by atoms with Gasteiger partial charge in [0.25, 0.3) is 0 Å². The number of rotatable bonds is 7. The van der Waals surface area contributed by atoms with Crippen LogP contribution in [0.4, 0.5) is 0 Å². The lowest BCUT2D eigenvalue weighted by molar-refractivity contribution is 0.133. The Kier molecular flexibility index (Phi) is 4.87. The van der Waals surface area contributed by atoms with Crippen molar-refractivity contribution < 1.29 is 8.42 Å². The van der Waals surface area contributed by atoms with E-state index in [1.54, 1.807) is 0 Å². The molecule has 5 heteroatoms. The van der Waals surface area contributed by atoms with Crippen molar-refractivity contribution in [3.8, 4) is 0 Å². The van der Waals surface area contributed by atoms with Crippen LogP contribution in [0.3, 0.4) is 0 Å². The van der Waals surface area contributed by atoms with Gasteiger partial charge in [0.2, 0.25) is 10.0 Å². The van der Waals surface area contributed by atoms with Crippen LogP contribution in [0.1, 0.15) is 39.0 Å². The Morgan fingerprint density at radius 1 is 1.40 bits per heavy atom. The summed E-state index contributed by atoms with van der Waals surface area (Å²) in [5, 5.41) is 0. The Bertz CT molecular complexity index is 280. The van der Waals surface area contributed by atoms with Crippen molar-refractivity contribution in [3.05, 3.63) is 0 Å². The Morgan fingerprint density at radius 3 is 2.47 bits per heavy atom. The molecule has 15 heavy (non-hydrogen) atoms. The lowest BCUT2D eigenvalue weighted by atomic mass is 9.67. The second kappa shape index (κ2) is 5.51. The summed E-state index contributed by atoms with van der Waals surface area (Å²) in [5.74, 6) is 0.552. The molecule has 1 aliphatic rings. The van der Waals surface area contributed by atoms with Crippen molar-refractivity contribution in [3.63, 3.8) is 0 Å². The summed E-state index contributed by atoms with van der Waals surface area (Å²) in [7, 11) is -3.10. The zero-order valence-electron chi connectivity index (χ0n) is 9.26. The average molecular weight is 254 g/mol. The molecule has 1 fully saturated rings. The molecule has 0 aromatic carbocycles. The zero-order valence-corrected chi connectivity index (χ0v) is 10.8. The maximum atomic E-state index is 11.5. The molecule has 0 heterocycles. The van der Waals surface area contributed by atoms with Gasteiger partial charge in [0.1, 0.15) is 0 Å². The fourth-order valence-corrected chi connectivity index (χ4v) is 3.40. The van der Waals surface area contributed by atoms with Crippen molar-refractivity contribution in [2.75, 3.05) is 18.2 Å². The maximum absolute atomic E-state index is 11.5. The van der Waals surface area contributed by atoms with Crippen molar-refractivity contribution in [2.24, 2.45) is 5.41 Å². The summed E-state index contributed by atoms with van der Waals surface area (Å²) in [5.41, 5.74) is 0.244. The van der Waals surface area contributed by atoms with E-state index in [1.165, 1.54) is 6.42 Å². The Hall–Kier alpha value is 0.200. The molecule has 0 atom stereocenters. The van der Waals surface area contributed by atoms with Gasteiger partial charge in [-0.1, -0.05) is 13.3 Å². The van der Waals surface area contributed by atoms with E-state index in [1.807, 2.05) is 0 Å². The normalized spacial score (nSPS) is 19.9. The van der Waals surface area contributed by atoms with E-state index < -0.39 is 10.0 Å². The topological polar surface area (TPSA) is 46.2 Å². The van der Waals surface area contributed by atoms with E-state index in [9.17, 15) is 8.42 Å². The minimum absolute atomic E-state index is 0.149. The summed E-state index contributed by atoms with van der Waals surface area (Å²) in [6.07, 6.45) is 5.13. The Balaban J connectivity index is 2.35. The van der Waals surface area contributed by atoms with E-state index in [2.05, 4.69) is 11.6 Å². The third-order valence-electron chi connectivity index (χ3n) is 3.38. The quantitative estimate of drug-likeness (QED) is 0.707. The molecule has 0 bridgehead atoms. The molecule has 90 valence electrons. The van der Waals surface area contributed by atoms with Crippen LogP contribution in [0.25, 0.3) is 0 Å².